The third kappa shape index (κ3) is 4.68. The molecule has 0 aliphatic carbocycles. The molecule has 3 rings (SSSR count). The molecule has 140 valence electrons. The zero-order valence-electron chi connectivity index (χ0n) is 14.9. The number of hydrazone groups is 1. The number of amides is 1. The summed E-state index contributed by atoms with van der Waals surface area (Å²) in [7, 11) is 0. The highest BCUT2D eigenvalue weighted by molar-refractivity contribution is 5.95. The van der Waals surface area contributed by atoms with Crippen molar-refractivity contribution in [2.45, 2.75) is 6.92 Å². The molecule has 1 saturated heterocycles. The van der Waals surface area contributed by atoms with Crippen molar-refractivity contribution in [2.24, 2.45) is 5.10 Å². The number of anilines is 1. The molecule has 1 aliphatic rings. The van der Waals surface area contributed by atoms with E-state index in [9.17, 15) is 14.9 Å². The van der Waals surface area contributed by atoms with Gasteiger partial charge in [0.25, 0.3) is 11.6 Å². The predicted octanol–water partition coefficient (Wildman–Crippen LogP) is 2.50. The van der Waals surface area contributed by atoms with Gasteiger partial charge in [0.15, 0.2) is 0 Å². The van der Waals surface area contributed by atoms with Crippen LogP contribution < -0.4 is 10.3 Å². The zero-order valence-corrected chi connectivity index (χ0v) is 14.9. The summed E-state index contributed by atoms with van der Waals surface area (Å²) in [6.07, 6.45) is 1.59. The maximum atomic E-state index is 12.0. The average Bonchev–Trinajstić information content (AvgIpc) is 2.69. The summed E-state index contributed by atoms with van der Waals surface area (Å²) in [6, 6.07) is 11.4. The number of morpholine rings is 1. The van der Waals surface area contributed by atoms with Gasteiger partial charge in [0.2, 0.25) is 0 Å². The van der Waals surface area contributed by atoms with Gasteiger partial charge in [0.05, 0.1) is 24.4 Å². The van der Waals surface area contributed by atoms with Crippen molar-refractivity contribution in [1.82, 2.24) is 5.43 Å². The van der Waals surface area contributed by atoms with Crippen molar-refractivity contribution >= 4 is 23.5 Å². The topological polar surface area (TPSA) is 97.1 Å². The molecular formula is C19H20N4O4. The van der Waals surface area contributed by atoms with Crippen molar-refractivity contribution in [3.63, 3.8) is 0 Å². The molecule has 2 aromatic carbocycles. The SMILES string of the molecule is Cc1cc(N2CCOCC2)ccc1/C=N\NC(=O)c1ccc([N+](=O)[O-])cc1. The monoisotopic (exact) mass is 368 g/mol. The quantitative estimate of drug-likeness (QED) is 0.497. The first-order chi connectivity index (χ1) is 13.0. The number of hydrogen-bond donors (Lipinski definition) is 1. The fourth-order valence-electron chi connectivity index (χ4n) is 2.78. The normalized spacial score (nSPS) is 14.3. The lowest BCUT2D eigenvalue weighted by molar-refractivity contribution is -0.384. The number of hydrogen-bond acceptors (Lipinski definition) is 6. The van der Waals surface area contributed by atoms with E-state index in [1.807, 2.05) is 19.1 Å². The Morgan fingerprint density at radius 1 is 1.22 bits per heavy atom. The van der Waals surface area contributed by atoms with Crippen molar-refractivity contribution in [3.05, 3.63) is 69.3 Å². The van der Waals surface area contributed by atoms with Crippen LogP contribution in [0, 0.1) is 17.0 Å². The second-order valence-electron chi connectivity index (χ2n) is 6.14. The van der Waals surface area contributed by atoms with Crippen LogP contribution in [-0.4, -0.2) is 43.3 Å². The molecule has 8 heteroatoms. The summed E-state index contributed by atoms with van der Waals surface area (Å²) in [5.41, 5.74) is 5.76. The van der Waals surface area contributed by atoms with Crippen LogP contribution in [0.3, 0.4) is 0 Å². The Kier molecular flexibility index (Phi) is 5.77. The van der Waals surface area contributed by atoms with E-state index >= 15 is 0 Å². The molecule has 0 radical (unpaired) electrons. The Morgan fingerprint density at radius 2 is 1.93 bits per heavy atom. The van der Waals surface area contributed by atoms with Gasteiger partial charge in [-0.2, -0.15) is 5.10 Å². The van der Waals surface area contributed by atoms with E-state index in [-0.39, 0.29) is 5.69 Å². The Balaban J connectivity index is 1.61. The van der Waals surface area contributed by atoms with Gasteiger partial charge in [0.1, 0.15) is 0 Å². The van der Waals surface area contributed by atoms with E-state index in [1.165, 1.54) is 24.3 Å². The minimum atomic E-state index is -0.511. The molecule has 1 fully saturated rings. The van der Waals surface area contributed by atoms with E-state index in [1.54, 1.807) is 6.21 Å². The molecule has 0 saturated carbocycles. The fraction of sp³-hybridized carbons (Fsp3) is 0.263. The first-order valence-electron chi connectivity index (χ1n) is 8.56. The van der Waals surface area contributed by atoms with E-state index in [4.69, 9.17) is 4.74 Å². The number of carbonyl (C=O) groups excluding carboxylic acids is 1. The Labute approximate surface area is 156 Å². The number of carbonyl (C=O) groups is 1. The minimum absolute atomic E-state index is 0.0639. The number of nitrogens with one attached hydrogen (secondary N) is 1. The molecule has 0 bridgehead atoms. The molecule has 1 N–H and O–H groups in total. The molecule has 0 unspecified atom stereocenters. The van der Waals surface area contributed by atoms with Crippen LogP contribution >= 0.6 is 0 Å². The average molecular weight is 368 g/mol. The first-order valence-corrected chi connectivity index (χ1v) is 8.56. The van der Waals surface area contributed by atoms with Crippen LogP contribution in [0.4, 0.5) is 11.4 Å². The lowest BCUT2D eigenvalue weighted by Gasteiger charge is -2.29. The number of aryl methyl sites for hydroxylation is 1. The van der Waals surface area contributed by atoms with E-state index in [0.29, 0.717) is 5.56 Å². The number of non-ortho nitro benzene ring substituents is 1. The molecular weight excluding hydrogens is 348 g/mol. The highest BCUT2D eigenvalue weighted by Crippen LogP contribution is 2.19. The van der Waals surface area contributed by atoms with Crippen LogP contribution in [0.5, 0.6) is 0 Å². The number of nitrogens with zero attached hydrogens (tertiary/aromatic N) is 3. The van der Waals surface area contributed by atoms with Crippen molar-refractivity contribution in [2.75, 3.05) is 31.2 Å². The molecule has 2 aromatic rings. The third-order valence-electron chi connectivity index (χ3n) is 4.34. The predicted molar refractivity (Wildman–Crippen MR) is 102 cm³/mol. The van der Waals surface area contributed by atoms with Gasteiger partial charge < -0.3 is 9.64 Å². The summed E-state index contributed by atoms with van der Waals surface area (Å²) in [6.45, 7) is 5.20. The van der Waals surface area contributed by atoms with Gasteiger partial charge in [-0.15, -0.1) is 0 Å². The molecule has 0 atom stereocenters. The van der Waals surface area contributed by atoms with Gasteiger partial charge in [0, 0.05) is 36.5 Å². The van der Waals surface area contributed by atoms with Gasteiger partial charge in [-0.3, -0.25) is 14.9 Å². The Morgan fingerprint density at radius 3 is 2.56 bits per heavy atom. The van der Waals surface area contributed by atoms with Gasteiger partial charge >= 0.3 is 0 Å². The summed E-state index contributed by atoms with van der Waals surface area (Å²) < 4.78 is 5.37. The van der Waals surface area contributed by atoms with E-state index < -0.39 is 10.8 Å². The summed E-state index contributed by atoms with van der Waals surface area (Å²) in [5.74, 6) is -0.427. The van der Waals surface area contributed by atoms with Crippen LogP contribution in [-0.2, 0) is 4.74 Å². The highest BCUT2D eigenvalue weighted by atomic mass is 16.6. The minimum Gasteiger partial charge on any atom is -0.378 e. The van der Waals surface area contributed by atoms with E-state index in [0.717, 1.165) is 43.1 Å². The lowest BCUT2D eigenvalue weighted by atomic mass is 10.1. The number of nitro benzene ring substituents is 1. The van der Waals surface area contributed by atoms with Crippen molar-refractivity contribution < 1.29 is 14.5 Å². The summed E-state index contributed by atoms with van der Waals surface area (Å²) >= 11 is 0. The zero-order chi connectivity index (χ0) is 19.2. The van der Waals surface area contributed by atoms with Crippen molar-refractivity contribution in [3.8, 4) is 0 Å². The molecule has 1 aliphatic heterocycles. The smallest absolute Gasteiger partial charge is 0.271 e. The van der Waals surface area contributed by atoms with Crippen LogP contribution in [0.2, 0.25) is 0 Å². The first kappa shape index (κ1) is 18.5. The maximum absolute atomic E-state index is 12.0. The number of rotatable bonds is 5. The molecule has 1 heterocycles. The third-order valence-corrected chi connectivity index (χ3v) is 4.34. The van der Waals surface area contributed by atoms with E-state index in [2.05, 4.69) is 21.5 Å². The lowest BCUT2D eigenvalue weighted by Crippen LogP contribution is -2.36. The van der Waals surface area contributed by atoms with Crippen LogP contribution in [0.15, 0.2) is 47.6 Å². The van der Waals surface area contributed by atoms with Crippen LogP contribution in [0.25, 0.3) is 0 Å². The number of ether oxygens (including phenoxy) is 1. The molecule has 1 amide bonds. The highest BCUT2D eigenvalue weighted by Gasteiger charge is 2.12. The summed E-state index contributed by atoms with van der Waals surface area (Å²) in [5, 5.41) is 14.6. The maximum Gasteiger partial charge on any atom is 0.271 e. The number of benzene rings is 2. The molecule has 0 aromatic heterocycles. The fourth-order valence-corrected chi connectivity index (χ4v) is 2.78. The summed E-state index contributed by atoms with van der Waals surface area (Å²) in [4.78, 5) is 24.4. The molecule has 27 heavy (non-hydrogen) atoms. The molecule has 0 spiro atoms. The Hall–Kier alpha value is -3.26. The second kappa shape index (κ2) is 8.41. The van der Waals surface area contributed by atoms with Crippen molar-refractivity contribution in [1.29, 1.82) is 0 Å². The number of nitro groups is 1. The van der Waals surface area contributed by atoms with Gasteiger partial charge in [-0.05, 0) is 42.3 Å². The second-order valence-corrected chi connectivity index (χ2v) is 6.14. The largest absolute Gasteiger partial charge is 0.378 e. The van der Waals surface area contributed by atoms with Gasteiger partial charge in [-0.25, -0.2) is 5.43 Å². The van der Waals surface area contributed by atoms with Gasteiger partial charge in [-0.1, -0.05) is 6.07 Å². The standard InChI is InChI=1S/C19H20N4O4/c1-14-12-18(22-8-10-27-11-9-22)7-4-16(14)13-20-21-19(24)15-2-5-17(6-3-15)23(25)26/h2-7,12-13H,8-11H2,1H3,(H,21,24)/b20-13-. The molecule has 8 nitrogen and oxygen atoms in total. The Bertz CT molecular complexity index is 859. The van der Waals surface area contributed by atoms with Crippen LogP contribution in [0.1, 0.15) is 21.5 Å².